The van der Waals surface area contributed by atoms with Gasteiger partial charge in [-0.25, -0.2) is 13.1 Å². The molecular weight excluding hydrogens is 318 g/mol. The second-order valence-electron chi connectivity index (χ2n) is 4.78. The minimum Gasteiger partial charge on any atom is -0.393 e. The first-order valence-electron chi connectivity index (χ1n) is 5.82. The van der Waals surface area contributed by atoms with Gasteiger partial charge in [-0.1, -0.05) is 6.07 Å². The van der Waals surface area contributed by atoms with Crippen LogP contribution in [0.5, 0.6) is 0 Å². The van der Waals surface area contributed by atoms with E-state index in [9.17, 15) is 8.42 Å². The summed E-state index contributed by atoms with van der Waals surface area (Å²) in [6.45, 7) is 2.30. The molecule has 1 aliphatic rings. The van der Waals surface area contributed by atoms with Crippen LogP contribution < -0.4 is 4.72 Å². The van der Waals surface area contributed by atoms with Gasteiger partial charge < -0.3 is 5.11 Å². The Morgan fingerprint density at radius 3 is 2.67 bits per heavy atom. The number of rotatable bonds is 4. The van der Waals surface area contributed by atoms with E-state index in [4.69, 9.17) is 5.11 Å². The summed E-state index contributed by atoms with van der Waals surface area (Å²) in [5.41, 5.74) is 1.00. The maximum Gasteiger partial charge on any atom is 0.241 e. The zero-order valence-electron chi connectivity index (χ0n) is 10.1. The van der Waals surface area contributed by atoms with Gasteiger partial charge in [0.15, 0.2) is 0 Å². The van der Waals surface area contributed by atoms with Crippen molar-refractivity contribution in [2.24, 2.45) is 5.92 Å². The van der Waals surface area contributed by atoms with E-state index < -0.39 is 10.0 Å². The van der Waals surface area contributed by atoms with Crippen LogP contribution >= 0.6 is 15.9 Å². The Morgan fingerprint density at radius 2 is 2.11 bits per heavy atom. The van der Waals surface area contributed by atoms with Crippen molar-refractivity contribution in [3.8, 4) is 0 Å². The summed E-state index contributed by atoms with van der Waals surface area (Å²) in [7, 11) is -3.47. The fourth-order valence-electron chi connectivity index (χ4n) is 2.00. The van der Waals surface area contributed by atoms with Crippen molar-refractivity contribution in [1.82, 2.24) is 4.72 Å². The van der Waals surface area contributed by atoms with Crippen molar-refractivity contribution in [2.45, 2.75) is 30.8 Å². The highest BCUT2D eigenvalue weighted by atomic mass is 79.9. The lowest BCUT2D eigenvalue weighted by molar-refractivity contribution is 0.0453. The predicted octanol–water partition coefficient (Wildman–Crippen LogP) is 1.81. The molecule has 2 N–H and O–H groups in total. The fraction of sp³-hybridized carbons (Fsp3) is 0.500. The van der Waals surface area contributed by atoms with Crippen molar-refractivity contribution in [3.05, 3.63) is 28.2 Å². The molecule has 0 spiro atoms. The van der Waals surface area contributed by atoms with E-state index >= 15 is 0 Å². The highest BCUT2D eigenvalue weighted by Crippen LogP contribution is 2.27. The zero-order valence-corrected chi connectivity index (χ0v) is 12.5. The average molecular weight is 334 g/mol. The second-order valence-corrected chi connectivity index (χ2v) is 7.37. The summed E-state index contributed by atoms with van der Waals surface area (Å²) in [6.07, 6.45) is 1.10. The molecule has 0 radical (unpaired) electrons. The van der Waals surface area contributed by atoms with Crippen LogP contribution in [0.1, 0.15) is 18.4 Å². The molecule has 0 aliphatic heterocycles. The summed E-state index contributed by atoms with van der Waals surface area (Å²) in [6, 6.07) is 5.14. The minimum absolute atomic E-state index is 0.249. The zero-order chi connectivity index (χ0) is 13.3. The molecule has 0 heterocycles. The Labute approximate surface area is 116 Å². The quantitative estimate of drug-likeness (QED) is 0.883. The summed E-state index contributed by atoms with van der Waals surface area (Å²) in [4.78, 5) is 0.257. The molecule has 1 saturated carbocycles. The number of halogens is 1. The number of hydrogen-bond acceptors (Lipinski definition) is 3. The van der Waals surface area contributed by atoms with Crippen LogP contribution in [0.2, 0.25) is 0 Å². The average Bonchev–Trinajstić information content (AvgIpc) is 2.22. The molecule has 100 valence electrons. The van der Waals surface area contributed by atoms with E-state index in [0.29, 0.717) is 23.9 Å². The van der Waals surface area contributed by atoms with Gasteiger partial charge in [0.2, 0.25) is 10.0 Å². The molecule has 1 aromatic carbocycles. The Morgan fingerprint density at radius 1 is 1.44 bits per heavy atom. The Kier molecular flexibility index (Phi) is 4.11. The number of benzene rings is 1. The first-order chi connectivity index (χ1) is 8.38. The topological polar surface area (TPSA) is 66.4 Å². The Bertz CT molecular complexity index is 538. The third-order valence-electron chi connectivity index (χ3n) is 3.15. The van der Waals surface area contributed by atoms with E-state index in [1.54, 1.807) is 18.2 Å². The maximum absolute atomic E-state index is 12.1. The first kappa shape index (κ1) is 14.0. The first-order valence-corrected chi connectivity index (χ1v) is 8.10. The number of aliphatic hydroxyl groups is 1. The van der Waals surface area contributed by atoms with Crippen molar-refractivity contribution in [1.29, 1.82) is 0 Å². The highest BCUT2D eigenvalue weighted by Gasteiger charge is 2.28. The SMILES string of the molecule is Cc1ccc(S(=O)(=O)NCC2CC(O)C2)c(Br)c1. The standard InChI is InChI=1S/C12H16BrNO3S/c1-8-2-3-12(11(13)4-8)18(16,17)14-7-9-5-10(15)6-9/h2-4,9-10,14-15H,5-7H2,1H3. The molecule has 0 saturated heterocycles. The lowest BCUT2D eigenvalue weighted by atomic mass is 9.83. The van der Waals surface area contributed by atoms with E-state index in [0.717, 1.165) is 5.56 Å². The van der Waals surface area contributed by atoms with Crippen LogP contribution in [0.25, 0.3) is 0 Å². The molecule has 1 aliphatic carbocycles. The van der Waals surface area contributed by atoms with Crippen molar-refractivity contribution >= 4 is 26.0 Å². The van der Waals surface area contributed by atoms with Gasteiger partial charge in [0.1, 0.15) is 0 Å². The van der Waals surface area contributed by atoms with E-state index in [2.05, 4.69) is 20.7 Å². The molecule has 0 atom stereocenters. The molecule has 0 aromatic heterocycles. The van der Waals surface area contributed by atoms with Crippen molar-refractivity contribution in [2.75, 3.05) is 6.54 Å². The summed E-state index contributed by atoms with van der Waals surface area (Å²) in [5.74, 6) is 0.249. The molecule has 0 bridgehead atoms. The van der Waals surface area contributed by atoms with Crippen molar-refractivity contribution in [3.63, 3.8) is 0 Å². The van der Waals surface area contributed by atoms with Gasteiger partial charge in [0, 0.05) is 11.0 Å². The molecule has 0 amide bonds. The summed E-state index contributed by atoms with van der Waals surface area (Å²) >= 11 is 3.27. The molecule has 1 fully saturated rings. The van der Waals surface area contributed by atoms with Crippen LogP contribution in [0.4, 0.5) is 0 Å². The second kappa shape index (κ2) is 5.28. The summed E-state index contributed by atoms with van der Waals surface area (Å²) in [5, 5.41) is 9.15. The molecule has 6 heteroatoms. The molecule has 1 aromatic rings. The smallest absolute Gasteiger partial charge is 0.241 e. The number of nitrogens with one attached hydrogen (secondary N) is 1. The Hall–Kier alpha value is -0.430. The van der Waals surface area contributed by atoms with E-state index in [1.807, 2.05) is 6.92 Å². The largest absolute Gasteiger partial charge is 0.393 e. The lowest BCUT2D eigenvalue weighted by Gasteiger charge is -2.31. The molecule has 0 unspecified atom stereocenters. The van der Waals surface area contributed by atoms with Crippen LogP contribution in [-0.2, 0) is 10.0 Å². The van der Waals surface area contributed by atoms with E-state index in [-0.39, 0.29) is 16.9 Å². The third kappa shape index (κ3) is 3.12. The van der Waals surface area contributed by atoms with Gasteiger partial charge in [-0.15, -0.1) is 0 Å². The lowest BCUT2D eigenvalue weighted by Crippen LogP contribution is -2.38. The van der Waals surface area contributed by atoms with Crippen LogP contribution in [0.15, 0.2) is 27.6 Å². The summed E-state index contributed by atoms with van der Waals surface area (Å²) < 4.78 is 27.3. The van der Waals surface area contributed by atoms with Crippen LogP contribution in [0.3, 0.4) is 0 Å². The van der Waals surface area contributed by atoms with E-state index in [1.165, 1.54) is 0 Å². The number of sulfonamides is 1. The molecule has 18 heavy (non-hydrogen) atoms. The van der Waals surface area contributed by atoms with Crippen LogP contribution in [0, 0.1) is 12.8 Å². The normalized spacial score (nSPS) is 23.7. The molecule has 4 nitrogen and oxygen atoms in total. The monoisotopic (exact) mass is 333 g/mol. The predicted molar refractivity (Wildman–Crippen MR) is 72.8 cm³/mol. The number of hydrogen-bond donors (Lipinski definition) is 2. The van der Waals surface area contributed by atoms with Crippen molar-refractivity contribution < 1.29 is 13.5 Å². The maximum atomic E-state index is 12.1. The minimum atomic E-state index is -3.47. The third-order valence-corrected chi connectivity index (χ3v) is 5.55. The number of aryl methyl sites for hydroxylation is 1. The number of aliphatic hydroxyl groups excluding tert-OH is 1. The van der Waals surface area contributed by atoms with Gasteiger partial charge in [-0.3, -0.25) is 0 Å². The fourth-order valence-corrected chi connectivity index (χ4v) is 4.30. The van der Waals surface area contributed by atoms with Gasteiger partial charge in [-0.05, 0) is 59.3 Å². The van der Waals surface area contributed by atoms with Gasteiger partial charge >= 0.3 is 0 Å². The molecule has 2 rings (SSSR count). The van der Waals surface area contributed by atoms with Crippen LogP contribution in [-0.4, -0.2) is 26.2 Å². The van der Waals surface area contributed by atoms with Gasteiger partial charge in [0.05, 0.1) is 11.0 Å². The van der Waals surface area contributed by atoms with Gasteiger partial charge in [-0.2, -0.15) is 0 Å². The highest BCUT2D eigenvalue weighted by molar-refractivity contribution is 9.10. The van der Waals surface area contributed by atoms with Gasteiger partial charge in [0.25, 0.3) is 0 Å². The Balaban J connectivity index is 2.06. The molecular formula is C12H16BrNO3S.